The molecule has 0 aromatic carbocycles. The highest BCUT2D eigenvalue weighted by molar-refractivity contribution is 7.48. The molecule has 3 aliphatic rings. The molecule has 3 saturated heterocycles. The number of hydrogen-bond donors (Lipinski definition) is 6. The van der Waals surface area contributed by atoms with Crippen molar-refractivity contribution < 1.29 is 87.9 Å². The minimum atomic E-state index is -5.29. The summed E-state index contributed by atoms with van der Waals surface area (Å²) in [4.78, 5) is 118. The number of rotatable bonds is 39. The summed E-state index contributed by atoms with van der Waals surface area (Å²) in [7, 11) is -19.6. The number of nitrogens with one attached hydrogen (secondary N) is 3. The van der Waals surface area contributed by atoms with Crippen molar-refractivity contribution in [2.75, 3.05) is 39.6 Å². The van der Waals surface area contributed by atoms with Crippen LogP contribution in [0.2, 0.25) is 0 Å². The van der Waals surface area contributed by atoms with Crippen molar-refractivity contribution in [3.63, 3.8) is 0 Å². The van der Waals surface area contributed by atoms with Gasteiger partial charge in [-0.05, 0) is 59.3 Å². The number of unbranched alkanes of at least 4 members (excludes halogenated alkanes) is 3. The summed E-state index contributed by atoms with van der Waals surface area (Å²) in [6.07, 6.45) is -3.44. The minimum Gasteiger partial charge on any atom is -0.352 e. The van der Waals surface area contributed by atoms with E-state index in [1.54, 1.807) is 20.8 Å². The van der Waals surface area contributed by atoms with E-state index in [0.29, 0.717) is 57.8 Å². The molecule has 3 aromatic rings. The van der Waals surface area contributed by atoms with E-state index >= 15 is 4.57 Å². The van der Waals surface area contributed by atoms with E-state index in [4.69, 9.17) is 54.9 Å². The first-order valence-corrected chi connectivity index (χ1v) is 36.5. The molecule has 0 aliphatic carbocycles. The molecule has 0 spiro atoms. The lowest BCUT2D eigenvalue weighted by molar-refractivity contribution is -0.0695. The number of ether oxygens (including phenoxy) is 3. The van der Waals surface area contributed by atoms with Gasteiger partial charge in [-0.3, -0.25) is 83.8 Å². The lowest BCUT2D eigenvalue weighted by Gasteiger charge is -2.36. The first-order chi connectivity index (χ1) is 42.1. The van der Waals surface area contributed by atoms with Crippen LogP contribution in [0.1, 0.15) is 173 Å². The van der Waals surface area contributed by atoms with E-state index in [1.807, 2.05) is 20.8 Å². The van der Waals surface area contributed by atoms with Gasteiger partial charge in [0.2, 0.25) is 0 Å². The largest absolute Gasteiger partial charge is 0.475 e. The van der Waals surface area contributed by atoms with Crippen molar-refractivity contribution in [1.82, 2.24) is 28.7 Å². The predicted octanol–water partition coefficient (Wildman–Crippen LogP) is 7.74. The van der Waals surface area contributed by atoms with Gasteiger partial charge in [0.05, 0.1) is 76.3 Å². The number of H-pyrrole nitrogens is 3. The summed E-state index contributed by atoms with van der Waals surface area (Å²) < 4.78 is 133. The second-order valence-electron chi connectivity index (χ2n) is 22.6. The zero-order chi connectivity index (χ0) is 65.4. The maximum atomic E-state index is 16.8. The minimum absolute atomic E-state index is 0.0426. The van der Waals surface area contributed by atoms with Gasteiger partial charge in [0.25, 0.3) is 16.7 Å². The Morgan fingerprint density at radius 1 is 0.449 bits per heavy atom. The predicted molar refractivity (Wildman–Crippen MR) is 321 cm³/mol. The monoisotopic (exact) mass is 1350 g/mol. The Morgan fingerprint density at radius 3 is 0.944 bits per heavy atom. The summed E-state index contributed by atoms with van der Waals surface area (Å²) in [5.41, 5.74) is -4.09. The molecule has 0 radical (unpaired) electrons. The van der Waals surface area contributed by atoms with Gasteiger partial charge in [-0.2, -0.15) is 0 Å². The molecule has 6 heterocycles. The average molecular weight is 1350 g/mol. The summed E-state index contributed by atoms with van der Waals surface area (Å²) >= 11 is 0. The highest BCUT2D eigenvalue weighted by Gasteiger charge is 2.52. The molecule has 89 heavy (non-hydrogen) atoms. The molecule has 506 valence electrons. The van der Waals surface area contributed by atoms with Crippen LogP contribution >= 0.6 is 31.3 Å². The zero-order valence-corrected chi connectivity index (χ0v) is 55.5. The normalized spacial score (nSPS) is 25.9. The summed E-state index contributed by atoms with van der Waals surface area (Å²) in [5, 5.41) is 0. The fourth-order valence-electron chi connectivity index (χ4n) is 10.9. The van der Waals surface area contributed by atoms with Crippen LogP contribution in [0.4, 0.5) is 0 Å². The van der Waals surface area contributed by atoms with E-state index in [1.165, 1.54) is 39.4 Å². The van der Waals surface area contributed by atoms with Crippen LogP contribution in [-0.2, 0) is 73.2 Å². The highest BCUT2D eigenvalue weighted by Crippen LogP contribution is 2.60. The van der Waals surface area contributed by atoms with Gasteiger partial charge < -0.3 is 28.9 Å². The van der Waals surface area contributed by atoms with Gasteiger partial charge in [0.1, 0.15) is 18.7 Å². The molecule has 0 amide bonds. The van der Waals surface area contributed by atoms with Crippen molar-refractivity contribution in [3.8, 4) is 0 Å². The van der Waals surface area contributed by atoms with E-state index < -0.39 is 158 Å². The van der Waals surface area contributed by atoms with Crippen LogP contribution in [0, 0.1) is 38.5 Å². The second kappa shape index (κ2) is 34.0. The molecule has 31 nitrogen and oxygen atoms in total. The van der Waals surface area contributed by atoms with Gasteiger partial charge in [-0.15, -0.1) is 0 Å². The fraction of sp³-hybridized carbons (Fsp3) is 0.778. The Bertz CT molecular complexity index is 3010. The van der Waals surface area contributed by atoms with Crippen LogP contribution in [0.25, 0.3) is 0 Å². The van der Waals surface area contributed by atoms with Crippen molar-refractivity contribution in [1.29, 1.82) is 0 Å². The Labute approximate surface area is 515 Å². The van der Waals surface area contributed by atoms with E-state index in [9.17, 15) is 57.1 Å². The number of hydrogen-bond acceptors (Lipinski definition) is 22. The third-order valence-corrected chi connectivity index (χ3v) is 20.2. The van der Waals surface area contributed by atoms with E-state index in [2.05, 4.69) is 15.0 Å². The van der Waals surface area contributed by atoms with E-state index in [-0.39, 0.29) is 75.0 Å². The Kier molecular flexibility index (Phi) is 28.4. The molecule has 15 unspecified atom stereocenters. The van der Waals surface area contributed by atoms with Crippen molar-refractivity contribution in [2.24, 2.45) is 17.8 Å². The molecule has 6 rings (SSSR count). The van der Waals surface area contributed by atoms with Crippen molar-refractivity contribution in [2.45, 2.75) is 214 Å². The highest BCUT2D eigenvalue weighted by atomic mass is 31.2. The number of phosphoric acid groups is 4. The van der Waals surface area contributed by atoms with Crippen LogP contribution < -0.4 is 33.7 Å². The molecular weight excluding hydrogens is 1260 g/mol. The van der Waals surface area contributed by atoms with Gasteiger partial charge >= 0.3 is 48.4 Å². The average Bonchev–Trinajstić information content (AvgIpc) is 1.87. The Balaban J connectivity index is 1.50. The standard InChI is InChI=1S/C54H90N6O25P4/c1-10-16-22-74-86(67,68)77-31-43-37(25-46(80-43)58-28-34(7)49(61)55-52(58)64)40(19-13-4)83-89(73,84-41(20-14-5)38-26-47(59-29-35(8)50(62)56-53(59)65)81-44(38)32-78-87(69,70)75-23-17-11-2)85-42(21-15-6)39-27-48(60-30-36(9)51(63)57-54(60)66)82-45(39)33-79-88(71,72)76-24-18-12-3/h28-30,37-48H,10-27,31-33H2,1-9H3,(H,67,68)(H,69,70)(H,71,72)(H,55,61,64)(H,56,62,65)(H,57,63,66). The first-order valence-electron chi connectivity index (χ1n) is 30.5. The summed E-state index contributed by atoms with van der Waals surface area (Å²) in [6.45, 7) is 13.1. The number of aromatic amines is 3. The van der Waals surface area contributed by atoms with Crippen molar-refractivity contribution >= 4 is 31.3 Å². The number of aryl methyl sites for hydroxylation is 3. The molecular formula is C54H90N6O25P4. The quantitative estimate of drug-likeness (QED) is 0.0235. The molecule has 0 saturated carbocycles. The number of phosphoric ester groups is 4. The first kappa shape index (κ1) is 74.4. The summed E-state index contributed by atoms with van der Waals surface area (Å²) in [5.74, 6) is -3.02. The molecule has 6 N–H and O–H groups in total. The van der Waals surface area contributed by atoms with Crippen LogP contribution in [-0.4, -0.2) is 120 Å². The van der Waals surface area contributed by atoms with Gasteiger partial charge in [-0.1, -0.05) is 80.1 Å². The maximum Gasteiger partial charge on any atom is 0.475 e. The molecule has 15 atom stereocenters. The molecule has 3 fully saturated rings. The van der Waals surface area contributed by atoms with Gasteiger partial charge in [-0.25, -0.2) is 32.6 Å². The lowest BCUT2D eigenvalue weighted by atomic mass is 9.92. The van der Waals surface area contributed by atoms with Crippen LogP contribution in [0.5, 0.6) is 0 Å². The number of aromatic nitrogens is 6. The fourth-order valence-corrected chi connectivity index (χ4v) is 15.1. The maximum absolute atomic E-state index is 16.8. The SMILES string of the molecule is CCCCOP(=O)(O)OCC1OC(n2cc(C)c(=O)[nH]c2=O)CC1C(CCC)OP(=O)(OC(CCC)C1CC(n2cc(C)c(=O)[nH]c2=O)OC1COP(=O)(O)OCCCC)OC(CCC)C1CC(n2cc(C)c(=O)[nH]c2=O)OC1COP(=O)(O)OCCCC. The zero-order valence-electron chi connectivity index (χ0n) is 52.0. The second-order valence-corrected chi connectivity index (χ2v) is 28.5. The van der Waals surface area contributed by atoms with E-state index in [0.717, 1.165) is 13.7 Å². The van der Waals surface area contributed by atoms with Crippen LogP contribution in [0.15, 0.2) is 47.4 Å². The van der Waals surface area contributed by atoms with Crippen molar-refractivity contribution in [3.05, 3.63) is 97.8 Å². The molecule has 3 aliphatic heterocycles. The van der Waals surface area contributed by atoms with Gasteiger partial charge in [0.15, 0.2) is 0 Å². The molecule has 3 aromatic heterocycles. The third-order valence-electron chi connectivity index (χ3n) is 15.6. The van der Waals surface area contributed by atoms with Gasteiger partial charge in [0, 0.05) is 72.3 Å². The molecule has 35 heteroatoms. The Morgan fingerprint density at radius 2 is 0.708 bits per heavy atom. The smallest absolute Gasteiger partial charge is 0.352 e. The topological polar surface area (TPSA) is 404 Å². The van der Waals surface area contributed by atoms with Crippen LogP contribution in [0.3, 0.4) is 0 Å². The summed E-state index contributed by atoms with van der Waals surface area (Å²) in [6, 6.07) is 0. The Hall–Kier alpha value is -3.64. The third kappa shape index (κ3) is 21.2. The number of nitrogens with zero attached hydrogens (tertiary/aromatic N) is 3. The molecule has 0 bridgehead atoms. The lowest BCUT2D eigenvalue weighted by Crippen LogP contribution is -2.37.